The summed E-state index contributed by atoms with van der Waals surface area (Å²) in [7, 11) is -3.21. The van der Waals surface area contributed by atoms with Crippen molar-refractivity contribution in [3.8, 4) is 0 Å². The molecule has 0 bridgehead atoms. The highest BCUT2D eigenvalue weighted by molar-refractivity contribution is 7.89. The van der Waals surface area contributed by atoms with Gasteiger partial charge in [-0.2, -0.15) is 0 Å². The zero-order chi connectivity index (χ0) is 15.1. The van der Waals surface area contributed by atoms with Crippen molar-refractivity contribution in [2.24, 2.45) is 0 Å². The summed E-state index contributed by atoms with van der Waals surface area (Å²) in [6.07, 6.45) is 7.19. The molecule has 124 valence electrons. The van der Waals surface area contributed by atoms with Crippen LogP contribution in [0.15, 0.2) is 0 Å². The molecule has 0 aromatic rings. The number of hydrogen-bond donors (Lipinski definition) is 1. The van der Waals surface area contributed by atoms with Gasteiger partial charge in [0.1, 0.15) is 0 Å². The van der Waals surface area contributed by atoms with Gasteiger partial charge in [0.05, 0.1) is 11.9 Å². The molecule has 21 heavy (non-hydrogen) atoms. The summed E-state index contributed by atoms with van der Waals surface area (Å²) in [6.45, 7) is 6.07. The number of piperidine rings is 1. The third-order valence-corrected chi connectivity index (χ3v) is 5.94. The Morgan fingerprint density at radius 3 is 2.57 bits per heavy atom. The Morgan fingerprint density at radius 1 is 1.19 bits per heavy atom. The molecule has 2 rings (SSSR count). The molecule has 5 nitrogen and oxygen atoms in total. The molecule has 0 spiro atoms. The summed E-state index contributed by atoms with van der Waals surface area (Å²) in [6, 6.07) is 0.108. The highest BCUT2D eigenvalue weighted by Crippen LogP contribution is 2.16. The average molecular weight is 318 g/mol. The van der Waals surface area contributed by atoms with Gasteiger partial charge in [0.15, 0.2) is 0 Å². The molecule has 0 radical (unpaired) electrons. The van der Waals surface area contributed by atoms with Gasteiger partial charge in [0.2, 0.25) is 10.0 Å². The summed E-state index contributed by atoms with van der Waals surface area (Å²) in [5.74, 6) is 0.128. The van der Waals surface area contributed by atoms with Crippen LogP contribution in [-0.2, 0) is 14.8 Å². The second kappa shape index (κ2) is 8.46. The van der Waals surface area contributed by atoms with E-state index in [2.05, 4.69) is 16.5 Å². The van der Waals surface area contributed by atoms with Crippen LogP contribution in [0.4, 0.5) is 0 Å². The molecule has 1 unspecified atom stereocenters. The van der Waals surface area contributed by atoms with Gasteiger partial charge in [-0.25, -0.2) is 13.1 Å². The molecular weight excluding hydrogens is 288 g/mol. The van der Waals surface area contributed by atoms with Crippen molar-refractivity contribution in [1.29, 1.82) is 0 Å². The Balaban J connectivity index is 1.71. The van der Waals surface area contributed by atoms with Crippen LogP contribution in [0.5, 0.6) is 0 Å². The maximum Gasteiger partial charge on any atom is 0.214 e. The fourth-order valence-corrected chi connectivity index (χ4v) is 4.73. The number of sulfonamides is 1. The topological polar surface area (TPSA) is 58.6 Å². The molecular formula is C15H30N2O3S. The Morgan fingerprint density at radius 2 is 1.95 bits per heavy atom. The van der Waals surface area contributed by atoms with Crippen LogP contribution in [-0.4, -0.2) is 57.5 Å². The average Bonchev–Trinajstić information content (AvgIpc) is 2.47. The quantitative estimate of drug-likeness (QED) is 0.777. The summed E-state index contributed by atoms with van der Waals surface area (Å²) in [4.78, 5) is 2.44. The standard InChI is InChI=1S/C15H30N2O3S/c1-2-3-9-17-10-7-14(8-11-17)16-21(18,19)13-15-6-4-5-12-20-15/h14-16H,2-13H2,1H3. The largest absolute Gasteiger partial charge is 0.377 e. The van der Waals surface area contributed by atoms with E-state index in [0.717, 1.165) is 51.7 Å². The van der Waals surface area contributed by atoms with Crippen molar-refractivity contribution in [2.45, 2.75) is 64.0 Å². The maximum absolute atomic E-state index is 12.2. The number of unbranched alkanes of at least 4 members (excludes halogenated alkanes) is 1. The molecule has 2 heterocycles. The lowest BCUT2D eigenvalue weighted by molar-refractivity contribution is 0.0303. The monoisotopic (exact) mass is 318 g/mol. The first-order chi connectivity index (χ1) is 10.1. The highest BCUT2D eigenvalue weighted by Gasteiger charge is 2.26. The minimum absolute atomic E-state index is 0.108. The first-order valence-electron chi connectivity index (χ1n) is 8.43. The van der Waals surface area contributed by atoms with E-state index in [4.69, 9.17) is 4.74 Å². The van der Waals surface area contributed by atoms with E-state index >= 15 is 0 Å². The number of likely N-dealkylation sites (tertiary alicyclic amines) is 1. The fourth-order valence-electron chi connectivity index (χ4n) is 3.14. The Labute approximate surface area is 129 Å². The van der Waals surface area contributed by atoms with E-state index in [1.54, 1.807) is 0 Å². The lowest BCUT2D eigenvalue weighted by Gasteiger charge is -2.32. The van der Waals surface area contributed by atoms with Crippen molar-refractivity contribution in [3.63, 3.8) is 0 Å². The van der Waals surface area contributed by atoms with E-state index in [1.807, 2.05) is 0 Å². The second-order valence-electron chi connectivity index (χ2n) is 6.36. The predicted molar refractivity (Wildman–Crippen MR) is 84.9 cm³/mol. The maximum atomic E-state index is 12.2. The third-order valence-electron chi connectivity index (χ3n) is 4.44. The molecule has 0 amide bonds. The number of ether oxygens (including phenoxy) is 1. The summed E-state index contributed by atoms with van der Waals surface area (Å²) < 4.78 is 32.9. The number of hydrogen-bond acceptors (Lipinski definition) is 4. The molecule has 1 N–H and O–H groups in total. The van der Waals surface area contributed by atoms with E-state index in [9.17, 15) is 8.42 Å². The zero-order valence-corrected chi connectivity index (χ0v) is 14.0. The van der Waals surface area contributed by atoms with E-state index < -0.39 is 10.0 Å². The van der Waals surface area contributed by atoms with E-state index in [1.165, 1.54) is 12.8 Å². The molecule has 6 heteroatoms. The summed E-state index contributed by atoms with van der Waals surface area (Å²) in [5.41, 5.74) is 0. The van der Waals surface area contributed by atoms with Crippen LogP contribution in [0, 0.1) is 0 Å². The van der Waals surface area contributed by atoms with Crippen LogP contribution in [0.2, 0.25) is 0 Å². The summed E-state index contributed by atoms with van der Waals surface area (Å²) >= 11 is 0. The normalized spacial score (nSPS) is 26.0. The molecule has 0 saturated carbocycles. The zero-order valence-electron chi connectivity index (χ0n) is 13.2. The number of rotatable bonds is 7. The van der Waals surface area contributed by atoms with Gasteiger partial charge in [-0.1, -0.05) is 13.3 Å². The fraction of sp³-hybridized carbons (Fsp3) is 1.00. The van der Waals surface area contributed by atoms with Gasteiger partial charge < -0.3 is 9.64 Å². The Kier molecular flexibility index (Phi) is 6.92. The van der Waals surface area contributed by atoms with Gasteiger partial charge in [0, 0.05) is 12.6 Å². The highest BCUT2D eigenvalue weighted by atomic mass is 32.2. The van der Waals surface area contributed by atoms with E-state index in [-0.39, 0.29) is 17.9 Å². The Bertz CT molecular complexity index is 386. The number of nitrogens with zero attached hydrogens (tertiary/aromatic N) is 1. The molecule has 2 aliphatic rings. The third kappa shape index (κ3) is 6.22. The van der Waals surface area contributed by atoms with Gasteiger partial charge in [0.25, 0.3) is 0 Å². The SMILES string of the molecule is CCCCN1CCC(NS(=O)(=O)CC2CCCCO2)CC1. The minimum Gasteiger partial charge on any atom is -0.377 e. The van der Waals surface area contributed by atoms with Gasteiger partial charge in [-0.3, -0.25) is 0 Å². The van der Waals surface area contributed by atoms with Crippen LogP contribution < -0.4 is 4.72 Å². The van der Waals surface area contributed by atoms with Crippen molar-refractivity contribution in [1.82, 2.24) is 9.62 Å². The summed E-state index contributed by atoms with van der Waals surface area (Å²) in [5, 5.41) is 0. The lowest BCUT2D eigenvalue weighted by atomic mass is 10.1. The Hall–Kier alpha value is -0.170. The van der Waals surface area contributed by atoms with Crippen molar-refractivity contribution >= 4 is 10.0 Å². The first kappa shape index (κ1) is 17.2. The molecule has 0 aromatic carbocycles. The smallest absolute Gasteiger partial charge is 0.214 e. The van der Waals surface area contributed by atoms with Gasteiger partial charge >= 0.3 is 0 Å². The van der Waals surface area contributed by atoms with Gasteiger partial charge in [-0.05, 0) is 58.2 Å². The van der Waals surface area contributed by atoms with Crippen molar-refractivity contribution in [3.05, 3.63) is 0 Å². The lowest BCUT2D eigenvalue weighted by Crippen LogP contribution is -2.46. The van der Waals surface area contributed by atoms with Crippen LogP contribution >= 0.6 is 0 Å². The van der Waals surface area contributed by atoms with Crippen LogP contribution in [0.25, 0.3) is 0 Å². The molecule has 0 aliphatic carbocycles. The first-order valence-corrected chi connectivity index (χ1v) is 10.1. The molecule has 2 fully saturated rings. The predicted octanol–water partition coefficient (Wildman–Crippen LogP) is 1.74. The minimum atomic E-state index is -3.21. The number of nitrogens with one attached hydrogen (secondary N) is 1. The van der Waals surface area contributed by atoms with Gasteiger partial charge in [-0.15, -0.1) is 0 Å². The van der Waals surface area contributed by atoms with E-state index in [0.29, 0.717) is 6.61 Å². The van der Waals surface area contributed by atoms with Crippen molar-refractivity contribution < 1.29 is 13.2 Å². The molecule has 2 saturated heterocycles. The van der Waals surface area contributed by atoms with Crippen molar-refractivity contribution in [2.75, 3.05) is 32.0 Å². The second-order valence-corrected chi connectivity index (χ2v) is 8.16. The molecule has 2 aliphatic heterocycles. The molecule has 1 atom stereocenters. The van der Waals surface area contributed by atoms with Crippen LogP contribution in [0.3, 0.4) is 0 Å². The van der Waals surface area contributed by atoms with Crippen LogP contribution in [0.1, 0.15) is 51.9 Å². The molecule has 0 aromatic heterocycles.